The average molecular weight is 187 g/mol. The number of aliphatic imine (C=N–C) groups is 1. The molecule has 0 aromatic rings. The number of rotatable bonds is 0. The minimum Gasteiger partial charge on any atom is -0.357 e. The Hall–Kier alpha value is -0.710. The van der Waals surface area contributed by atoms with Crippen molar-refractivity contribution in [2.24, 2.45) is 4.99 Å². The highest BCUT2D eigenvalue weighted by Crippen LogP contribution is 2.26. The Labute approximate surface area is 76.4 Å². The molecule has 2 amide bonds. The van der Waals surface area contributed by atoms with Gasteiger partial charge in [-0.3, -0.25) is 0 Å². The normalized spacial score (nSPS) is 21.3. The Morgan fingerprint density at radius 3 is 2.50 bits per heavy atom. The topological polar surface area (TPSA) is 44.7 Å². The molecule has 0 fully saturated rings. The number of nitrogens with zero attached hydrogens (tertiary/aromatic N) is 2. The standard InChI is InChI=1S/C7H13N3OS/c1-7(2)9-5(11)8-6(12-7)10(3)4/h1-4H3,(H,9,11). The number of nitrogens with one attached hydrogen (secondary N) is 1. The SMILES string of the molecule is CN(C)C1=NC(=O)NC(C)(C)S1. The van der Waals surface area contributed by atoms with Crippen molar-refractivity contribution in [2.75, 3.05) is 14.1 Å². The van der Waals surface area contributed by atoms with Crippen molar-refractivity contribution in [2.45, 2.75) is 18.7 Å². The first kappa shape index (κ1) is 9.38. The third-order valence-corrected chi connectivity index (χ3v) is 2.59. The number of carbonyl (C=O) groups excluding carboxylic acids is 1. The third-order valence-electron chi connectivity index (χ3n) is 1.33. The van der Waals surface area contributed by atoms with Gasteiger partial charge in [0.25, 0.3) is 0 Å². The molecule has 0 aromatic heterocycles. The van der Waals surface area contributed by atoms with E-state index in [0.29, 0.717) is 0 Å². The number of amidine groups is 1. The first-order chi connectivity index (χ1) is 5.41. The summed E-state index contributed by atoms with van der Waals surface area (Å²) in [5, 5.41) is 3.50. The molecule has 12 heavy (non-hydrogen) atoms. The second-order valence-corrected chi connectivity index (χ2v) is 4.92. The van der Waals surface area contributed by atoms with Gasteiger partial charge in [-0.25, -0.2) is 4.79 Å². The molecule has 0 saturated heterocycles. The highest BCUT2D eigenvalue weighted by atomic mass is 32.2. The van der Waals surface area contributed by atoms with E-state index >= 15 is 0 Å². The van der Waals surface area contributed by atoms with Crippen molar-refractivity contribution >= 4 is 23.0 Å². The van der Waals surface area contributed by atoms with E-state index in [0.717, 1.165) is 5.17 Å². The van der Waals surface area contributed by atoms with E-state index < -0.39 is 0 Å². The van der Waals surface area contributed by atoms with Gasteiger partial charge in [0, 0.05) is 14.1 Å². The molecular weight excluding hydrogens is 174 g/mol. The Balaban J connectivity index is 2.84. The van der Waals surface area contributed by atoms with Crippen LogP contribution in [0.15, 0.2) is 4.99 Å². The summed E-state index contributed by atoms with van der Waals surface area (Å²) in [4.78, 5) is 16.5. The lowest BCUT2D eigenvalue weighted by Crippen LogP contribution is -2.45. The van der Waals surface area contributed by atoms with Gasteiger partial charge in [0.05, 0.1) is 4.87 Å². The third kappa shape index (κ3) is 2.14. The van der Waals surface area contributed by atoms with E-state index in [9.17, 15) is 4.79 Å². The van der Waals surface area contributed by atoms with Crippen molar-refractivity contribution in [1.29, 1.82) is 0 Å². The number of amides is 2. The molecule has 5 heteroatoms. The minimum atomic E-state index is -0.262. The van der Waals surface area contributed by atoms with Crippen LogP contribution in [-0.2, 0) is 0 Å². The summed E-state index contributed by atoms with van der Waals surface area (Å²) in [6, 6.07) is -0.262. The first-order valence-corrected chi connectivity index (χ1v) is 4.49. The molecule has 1 N–H and O–H groups in total. The van der Waals surface area contributed by atoms with Crippen LogP contribution in [0.25, 0.3) is 0 Å². The summed E-state index contributed by atoms with van der Waals surface area (Å²) in [5.74, 6) is 0. The Bertz CT molecular complexity index is 235. The van der Waals surface area contributed by atoms with Gasteiger partial charge in [-0.15, -0.1) is 0 Å². The van der Waals surface area contributed by atoms with Gasteiger partial charge in [-0.05, 0) is 13.8 Å². The number of carbonyl (C=O) groups is 1. The molecular formula is C7H13N3OS. The quantitative estimate of drug-likeness (QED) is 0.617. The fraction of sp³-hybridized carbons (Fsp3) is 0.714. The summed E-state index contributed by atoms with van der Waals surface area (Å²) in [7, 11) is 3.75. The maximum atomic E-state index is 11.1. The monoisotopic (exact) mass is 187 g/mol. The lowest BCUT2D eigenvalue weighted by molar-refractivity contribution is 0.245. The smallest absolute Gasteiger partial charge is 0.344 e. The highest BCUT2D eigenvalue weighted by Gasteiger charge is 2.29. The molecule has 0 spiro atoms. The molecule has 0 unspecified atom stereocenters. The van der Waals surface area contributed by atoms with Gasteiger partial charge >= 0.3 is 6.03 Å². The molecule has 0 saturated carbocycles. The van der Waals surface area contributed by atoms with E-state index in [4.69, 9.17) is 0 Å². The van der Waals surface area contributed by atoms with Gasteiger partial charge < -0.3 is 10.2 Å². The summed E-state index contributed by atoms with van der Waals surface area (Å²) in [5.41, 5.74) is 0. The van der Waals surface area contributed by atoms with Crippen molar-refractivity contribution < 1.29 is 4.79 Å². The molecule has 0 atom stereocenters. The minimum absolute atomic E-state index is 0.252. The second kappa shape index (κ2) is 2.97. The van der Waals surface area contributed by atoms with E-state index in [2.05, 4.69) is 10.3 Å². The molecule has 0 aromatic carbocycles. The summed E-state index contributed by atoms with van der Waals surface area (Å²) >= 11 is 1.54. The predicted molar refractivity (Wildman–Crippen MR) is 51.3 cm³/mol. The van der Waals surface area contributed by atoms with Crippen LogP contribution in [0.3, 0.4) is 0 Å². The van der Waals surface area contributed by atoms with E-state index in [1.54, 1.807) is 11.8 Å². The molecule has 0 radical (unpaired) electrons. The molecule has 1 aliphatic rings. The van der Waals surface area contributed by atoms with E-state index in [1.165, 1.54) is 0 Å². The van der Waals surface area contributed by atoms with Crippen LogP contribution < -0.4 is 5.32 Å². The summed E-state index contributed by atoms with van der Waals surface area (Å²) in [6.07, 6.45) is 0. The molecule has 1 aliphatic heterocycles. The van der Waals surface area contributed by atoms with E-state index in [1.807, 2.05) is 32.8 Å². The predicted octanol–water partition coefficient (Wildman–Crippen LogP) is 1.10. The number of urea groups is 1. The van der Waals surface area contributed by atoms with Crippen molar-refractivity contribution in [3.63, 3.8) is 0 Å². The van der Waals surface area contributed by atoms with Crippen LogP contribution >= 0.6 is 11.8 Å². The fourth-order valence-electron chi connectivity index (χ4n) is 0.840. The molecule has 4 nitrogen and oxygen atoms in total. The molecule has 0 aliphatic carbocycles. The zero-order valence-corrected chi connectivity index (χ0v) is 8.53. The maximum absolute atomic E-state index is 11.1. The lowest BCUT2D eigenvalue weighted by Gasteiger charge is -2.31. The zero-order valence-electron chi connectivity index (χ0n) is 7.71. The molecule has 0 bridgehead atoms. The van der Waals surface area contributed by atoms with Gasteiger partial charge in [0.2, 0.25) is 0 Å². The Morgan fingerprint density at radius 2 is 2.08 bits per heavy atom. The average Bonchev–Trinajstić information content (AvgIpc) is 1.82. The zero-order chi connectivity index (χ0) is 9.35. The Morgan fingerprint density at radius 1 is 1.50 bits per heavy atom. The largest absolute Gasteiger partial charge is 0.357 e. The summed E-state index contributed by atoms with van der Waals surface area (Å²) < 4.78 is 0. The Kier molecular flexibility index (Phi) is 2.32. The van der Waals surface area contributed by atoms with Crippen molar-refractivity contribution in [3.8, 4) is 0 Å². The van der Waals surface area contributed by atoms with E-state index in [-0.39, 0.29) is 10.9 Å². The van der Waals surface area contributed by atoms with Gasteiger partial charge in [-0.2, -0.15) is 4.99 Å². The van der Waals surface area contributed by atoms with Crippen molar-refractivity contribution in [3.05, 3.63) is 0 Å². The number of hydrogen-bond acceptors (Lipinski definition) is 3. The van der Waals surface area contributed by atoms with Crippen LogP contribution in [0, 0.1) is 0 Å². The van der Waals surface area contributed by atoms with Crippen molar-refractivity contribution in [1.82, 2.24) is 10.2 Å². The molecule has 1 heterocycles. The first-order valence-electron chi connectivity index (χ1n) is 3.68. The molecule has 68 valence electrons. The van der Waals surface area contributed by atoms with Crippen LogP contribution in [0.1, 0.15) is 13.8 Å². The van der Waals surface area contributed by atoms with Crippen LogP contribution in [-0.4, -0.2) is 35.1 Å². The maximum Gasteiger partial charge on any atom is 0.344 e. The molecule has 1 rings (SSSR count). The fourth-order valence-corrected chi connectivity index (χ4v) is 1.75. The summed E-state index contributed by atoms with van der Waals surface area (Å²) in [6.45, 7) is 3.90. The van der Waals surface area contributed by atoms with Gasteiger partial charge in [0.1, 0.15) is 0 Å². The number of hydrogen-bond donors (Lipinski definition) is 1. The van der Waals surface area contributed by atoms with Gasteiger partial charge in [-0.1, -0.05) is 11.8 Å². The van der Waals surface area contributed by atoms with Crippen LogP contribution in [0.4, 0.5) is 4.79 Å². The highest BCUT2D eigenvalue weighted by molar-refractivity contribution is 8.15. The van der Waals surface area contributed by atoms with Crippen LogP contribution in [0.5, 0.6) is 0 Å². The number of thioether (sulfide) groups is 1. The van der Waals surface area contributed by atoms with Crippen LogP contribution in [0.2, 0.25) is 0 Å². The second-order valence-electron chi connectivity index (χ2n) is 3.33. The van der Waals surface area contributed by atoms with Gasteiger partial charge in [0.15, 0.2) is 5.17 Å². The lowest BCUT2D eigenvalue weighted by atomic mass is 10.4.